The van der Waals surface area contributed by atoms with E-state index in [2.05, 4.69) is 24.7 Å². The van der Waals surface area contributed by atoms with Crippen molar-refractivity contribution in [2.75, 3.05) is 10.5 Å². The Morgan fingerprint density at radius 3 is 2.53 bits per heavy atom. The summed E-state index contributed by atoms with van der Waals surface area (Å²) in [6.45, 7) is 1.87. The Kier molecular flexibility index (Phi) is 4.41. The number of aromatic nitrogens is 5. The maximum absolute atomic E-state index is 13.0. The Hall–Kier alpha value is -4.25. The van der Waals surface area contributed by atoms with E-state index in [1.54, 1.807) is 24.3 Å². The second-order valence-corrected chi connectivity index (χ2v) is 8.83. The van der Waals surface area contributed by atoms with Gasteiger partial charge in [-0.15, -0.1) is 0 Å². The molecule has 0 unspecified atom stereocenters. The van der Waals surface area contributed by atoms with Crippen LogP contribution in [0.1, 0.15) is 5.56 Å². The van der Waals surface area contributed by atoms with E-state index >= 15 is 0 Å². The van der Waals surface area contributed by atoms with E-state index in [9.17, 15) is 13.2 Å². The second-order valence-electron chi connectivity index (χ2n) is 7.15. The van der Waals surface area contributed by atoms with Crippen molar-refractivity contribution in [3.63, 3.8) is 0 Å². The number of nitrogen functional groups attached to an aromatic ring is 1. The minimum atomic E-state index is -3.93. The van der Waals surface area contributed by atoms with Crippen molar-refractivity contribution >= 4 is 38.5 Å². The summed E-state index contributed by atoms with van der Waals surface area (Å²) < 4.78 is 30.1. The van der Waals surface area contributed by atoms with Crippen LogP contribution in [0.5, 0.6) is 0 Å². The molecule has 4 N–H and O–H groups in total. The van der Waals surface area contributed by atoms with Crippen LogP contribution < -0.4 is 15.9 Å². The fourth-order valence-corrected chi connectivity index (χ4v) is 4.60. The topological polar surface area (TPSA) is 148 Å². The summed E-state index contributed by atoms with van der Waals surface area (Å²) in [6.07, 6.45) is 4.44. The molecule has 0 fully saturated rings. The number of nitrogens with zero attached hydrogens (tertiary/aromatic N) is 4. The normalized spacial score (nSPS) is 11.8. The van der Waals surface area contributed by atoms with Crippen LogP contribution in [0.15, 0.2) is 70.7 Å². The van der Waals surface area contributed by atoms with Gasteiger partial charge in [-0.1, -0.05) is 17.7 Å². The van der Waals surface area contributed by atoms with E-state index in [-0.39, 0.29) is 22.2 Å². The molecule has 5 rings (SSSR count). The van der Waals surface area contributed by atoms with Crippen LogP contribution in [0, 0.1) is 6.92 Å². The summed E-state index contributed by atoms with van der Waals surface area (Å²) in [7, 11) is -3.93. The molecule has 0 saturated heterocycles. The van der Waals surface area contributed by atoms with E-state index in [0.717, 1.165) is 5.56 Å². The zero-order chi connectivity index (χ0) is 22.5. The first-order chi connectivity index (χ1) is 15.3. The van der Waals surface area contributed by atoms with Crippen LogP contribution >= 0.6 is 0 Å². The van der Waals surface area contributed by atoms with Gasteiger partial charge in [0.25, 0.3) is 10.0 Å². The van der Waals surface area contributed by atoms with Gasteiger partial charge in [-0.2, -0.15) is 0 Å². The molecule has 0 aliphatic carbocycles. The summed E-state index contributed by atoms with van der Waals surface area (Å²) in [6, 6.07) is 11.1. The smallest absolute Gasteiger partial charge is 0.264 e. The Morgan fingerprint density at radius 1 is 1.03 bits per heavy atom. The summed E-state index contributed by atoms with van der Waals surface area (Å²) in [5.74, 6) is 0.0694. The molecule has 0 radical (unpaired) electrons. The molecule has 5 aromatic rings. The maximum atomic E-state index is 13.0. The average molecular weight is 447 g/mol. The first-order valence-corrected chi connectivity index (χ1v) is 11.0. The van der Waals surface area contributed by atoms with Crippen LogP contribution in [-0.2, 0) is 10.0 Å². The van der Waals surface area contributed by atoms with Gasteiger partial charge < -0.3 is 10.7 Å². The number of rotatable bonds is 4. The minimum absolute atomic E-state index is 0.0169. The Balaban J connectivity index is 1.79. The summed E-state index contributed by atoms with van der Waals surface area (Å²) in [5.41, 5.74) is 8.25. The van der Waals surface area contributed by atoms with Gasteiger partial charge in [-0.25, -0.2) is 28.1 Å². The maximum Gasteiger partial charge on any atom is 0.264 e. The van der Waals surface area contributed by atoms with Gasteiger partial charge in [0.2, 0.25) is 11.9 Å². The van der Waals surface area contributed by atoms with E-state index < -0.39 is 10.0 Å². The van der Waals surface area contributed by atoms with E-state index in [0.29, 0.717) is 27.8 Å². The molecular weight excluding hydrogens is 430 g/mol. The Morgan fingerprint density at radius 2 is 1.78 bits per heavy atom. The first kappa shape index (κ1) is 19.7. The molecule has 0 bridgehead atoms. The van der Waals surface area contributed by atoms with Crippen molar-refractivity contribution in [1.29, 1.82) is 0 Å². The van der Waals surface area contributed by atoms with Gasteiger partial charge in [0.15, 0.2) is 5.43 Å². The number of aromatic amines is 1. The highest BCUT2D eigenvalue weighted by atomic mass is 32.2. The quantitative estimate of drug-likeness (QED) is 0.383. The number of nitrogens with one attached hydrogen (secondary N) is 2. The predicted molar refractivity (Wildman–Crippen MR) is 121 cm³/mol. The fourth-order valence-electron chi connectivity index (χ4n) is 3.60. The second kappa shape index (κ2) is 7.17. The van der Waals surface area contributed by atoms with Gasteiger partial charge in [0, 0.05) is 30.2 Å². The average Bonchev–Trinajstić information content (AvgIpc) is 3.11. The number of nitrogens with two attached hydrogens (primary N) is 1. The minimum Gasteiger partial charge on any atom is -0.368 e. The molecule has 0 amide bonds. The highest BCUT2D eigenvalue weighted by Crippen LogP contribution is 2.33. The molecule has 32 heavy (non-hydrogen) atoms. The van der Waals surface area contributed by atoms with Crippen LogP contribution in [0.25, 0.3) is 27.8 Å². The van der Waals surface area contributed by atoms with E-state index in [1.807, 2.05) is 6.92 Å². The van der Waals surface area contributed by atoms with Crippen LogP contribution in [0.4, 0.5) is 11.9 Å². The number of hydrogen-bond acceptors (Lipinski definition) is 7. The van der Waals surface area contributed by atoms with Crippen molar-refractivity contribution in [3.05, 3.63) is 76.8 Å². The standard InChI is InChI=1S/C21H17N7O3S/c1-12-2-4-13(5-3-12)32(30,31)27-21-25-10-7-15-17(14-6-9-24-20(22)26-14)18-16(29)8-11-23-19(18)28(15)21/h2-11H,1H3,(H,23,29)(H,25,27)(H2,22,24,26). The molecule has 0 aliphatic rings. The third kappa shape index (κ3) is 3.15. The number of pyridine rings is 1. The largest absolute Gasteiger partial charge is 0.368 e. The SMILES string of the molecule is Cc1ccc(S(=O)(=O)Nc2nccc3c(-c4ccnc(N)n4)c4c(=O)cc[nH]c4n23)cc1. The third-order valence-electron chi connectivity index (χ3n) is 5.04. The number of hydrogen-bond donors (Lipinski definition) is 3. The van der Waals surface area contributed by atoms with Crippen LogP contribution in [0.2, 0.25) is 0 Å². The molecule has 4 heterocycles. The number of anilines is 2. The lowest BCUT2D eigenvalue weighted by molar-refractivity contribution is 0.600. The van der Waals surface area contributed by atoms with Gasteiger partial charge in [-0.05, 0) is 31.2 Å². The van der Waals surface area contributed by atoms with Crippen molar-refractivity contribution in [1.82, 2.24) is 24.3 Å². The van der Waals surface area contributed by atoms with Crippen molar-refractivity contribution in [2.24, 2.45) is 0 Å². The zero-order valence-corrected chi connectivity index (χ0v) is 17.6. The highest BCUT2D eigenvalue weighted by Gasteiger charge is 2.23. The van der Waals surface area contributed by atoms with Gasteiger partial charge in [0.1, 0.15) is 5.65 Å². The lowest BCUT2D eigenvalue weighted by Crippen LogP contribution is -2.16. The highest BCUT2D eigenvalue weighted by molar-refractivity contribution is 7.92. The van der Waals surface area contributed by atoms with Gasteiger partial charge >= 0.3 is 0 Å². The molecular formula is C21H17N7O3S. The van der Waals surface area contributed by atoms with Gasteiger partial charge in [0.05, 0.1) is 21.5 Å². The number of aryl methyl sites for hydroxylation is 1. The summed E-state index contributed by atoms with van der Waals surface area (Å²) >= 11 is 0. The summed E-state index contributed by atoms with van der Waals surface area (Å²) in [5, 5.41) is 0.328. The van der Waals surface area contributed by atoms with E-state index in [1.165, 1.54) is 41.2 Å². The van der Waals surface area contributed by atoms with Crippen LogP contribution in [-0.4, -0.2) is 32.8 Å². The molecule has 4 aromatic heterocycles. The zero-order valence-electron chi connectivity index (χ0n) is 16.8. The first-order valence-electron chi connectivity index (χ1n) is 9.54. The van der Waals surface area contributed by atoms with Crippen molar-refractivity contribution in [3.8, 4) is 11.3 Å². The van der Waals surface area contributed by atoms with Crippen molar-refractivity contribution in [2.45, 2.75) is 11.8 Å². The lowest BCUT2D eigenvalue weighted by atomic mass is 10.1. The molecule has 160 valence electrons. The molecule has 1 aromatic carbocycles. The molecule has 0 atom stereocenters. The molecule has 0 spiro atoms. The van der Waals surface area contributed by atoms with Crippen molar-refractivity contribution < 1.29 is 8.42 Å². The fraction of sp³-hybridized carbons (Fsp3) is 0.0476. The monoisotopic (exact) mass is 447 g/mol. The lowest BCUT2D eigenvalue weighted by Gasteiger charge is -2.10. The third-order valence-corrected chi connectivity index (χ3v) is 6.38. The number of H-pyrrole nitrogens is 1. The molecule has 11 heteroatoms. The molecule has 10 nitrogen and oxygen atoms in total. The molecule has 0 saturated carbocycles. The van der Waals surface area contributed by atoms with Gasteiger partial charge in [-0.3, -0.25) is 9.20 Å². The number of sulfonamides is 1. The number of fused-ring (bicyclic) bond motifs is 3. The summed E-state index contributed by atoms with van der Waals surface area (Å²) in [4.78, 5) is 28.3. The predicted octanol–water partition coefficient (Wildman–Crippen LogP) is 2.32. The number of benzene rings is 1. The van der Waals surface area contributed by atoms with E-state index in [4.69, 9.17) is 5.73 Å². The molecule has 0 aliphatic heterocycles. The Bertz CT molecular complexity index is 1660. The van der Waals surface area contributed by atoms with Crippen LogP contribution in [0.3, 0.4) is 0 Å². The Labute approximate surface area is 181 Å².